The second-order valence-corrected chi connectivity index (χ2v) is 8.83. The zero-order valence-corrected chi connectivity index (χ0v) is 19.7. The Morgan fingerprint density at radius 3 is 2.44 bits per heavy atom. The first-order valence-corrected chi connectivity index (χ1v) is 11.4. The third-order valence-electron chi connectivity index (χ3n) is 6.37. The number of benzene rings is 3. The molecule has 3 aromatic carbocycles. The number of para-hydroxylation sites is 1. The highest BCUT2D eigenvalue weighted by Gasteiger charge is 2.36. The van der Waals surface area contributed by atoms with Crippen molar-refractivity contribution in [3.05, 3.63) is 94.5 Å². The van der Waals surface area contributed by atoms with Crippen LogP contribution in [0.25, 0.3) is 0 Å². The quantitative estimate of drug-likeness (QED) is 0.573. The van der Waals surface area contributed by atoms with Gasteiger partial charge in [0.05, 0.1) is 17.2 Å². The Labute approximate surface area is 200 Å². The van der Waals surface area contributed by atoms with Crippen molar-refractivity contribution in [2.75, 3.05) is 16.8 Å². The van der Waals surface area contributed by atoms with E-state index < -0.39 is 5.92 Å². The molecule has 3 aromatic rings. The van der Waals surface area contributed by atoms with Crippen molar-refractivity contribution in [2.45, 2.75) is 33.7 Å². The maximum Gasteiger partial charge on any atom is 0.253 e. The first-order chi connectivity index (χ1) is 16.3. The smallest absolute Gasteiger partial charge is 0.253 e. The molecule has 2 N–H and O–H groups in total. The number of rotatable bonds is 6. The molecule has 1 fully saturated rings. The van der Waals surface area contributed by atoms with Crippen LogP contribution >= 0.6 is 0 Å². The molecule has 34 heavy (non-hydrogen) atoms. The average molecular weight is 456 g/mol. The Morgan fingerprint density at radius 1 is 0.941 bits per heavy atom. The topological polar surface area (TPSA) is 78.5 Å². The van der Waals surface area contributed by atoms with Crippen molar-refractivity contribution in [3.8, 4) is 0 Å². The Morgan fingerprint density at radius 2 is 1.68 bits per heavy atom. The SMILES string of the molecule is Cc1ccc(CNC(=O)c2ccccc2NC(=O)[C@H]2CC(=O)N(c3cccc(C)c3C)C2)cc1. The first kappa shape index (κ1) is 23.2. The third-order valence-corrected chi connectivity index (χ3v) is 6.37. The number of nitrogens with zero attached hydrogens (tertiary/aromatic N) is 1. The van der Waals surface area contributed by atoms with E-state index in [-0.39, 0.29) is 24.1 Å². The molecule has 1 atom stereocenters. The van der Waals surface area contributed by atoms with E-state index >= 15 is 0 Å². The third kappa shape index (κ3) is 5.01. The lowest BCUT2D eigenvalue weighted by atomic mass is 10.1. The molecule has 4 rings (SSSR count). The van der Waals surface area contributed by atoms with Crippen LogP contribution in [-0.4, -0.2) is 24.3 Å². The van der Waals surface area contributed by atoms with Gasteiger partial charge in [-0.2, -0.15) is 0 Å². The summed E-state index contributed by atoms with van der Waals surface area (Å²) in [6.07, 6.45) is 0.140. The van der Waals surface area contributed by atoms with Gasteiger partial charge in [0.25, 0.3) is 5.91 Å². The molecule has 1 heterocycles. The number of anilines is 2. The summed E-state index contributed by atoms with van der Waals surface area (Å²) in [5.41, 5.74) is 5.96. The molecule has 0 radical (unpaired) electrons. The summed E-state index contributed by atoms with van der Waals surface area (Å²) in [6, 6.07) is 20.7. The van der Waals surface area contributed by atoms with Gasteiger partial charge in [-0.15, -0.1) is 0 Å². The lowest BCUT2D eigenvalue weighted by Gasteiger charge is -2.20. The van der Waals surface area contributed by atoms with Crippen molar-refractivity contribution >= 4 is 29.1 Å². The van der Waals surface area contributed by atoms with Crippen LogP contribution in [0.5, 0.6) is 0 Å². The van der Waals surface area contributed by atoms with Crippen LogP contribution in [0.15, 0.2) is 66.7 Å². The molecule has 3 amide bonds. The summed E-state index contributed by atoms with van der Waals surface area (Å²) in [5, 5.41) is 5.79. The number of hydrogen-bond donors (Lipinski definition) is 2. The van der Waals surface area contributed by atoms with Crippen LogP contribution in [0.3, 0.4) is 0 Å². The molecule has 1 aliphatic heterocycles. The molecule has 0 aliphatic carbocycles. The number of aryl methyl sites for hydroxylation is 2. The Bertz CT molecular complexity index is 1230. The summed E-state index contributed by atoms with van der Waals surface area (Å²) in [4.78, 5) is 40.3. The average Bonchev–Trinajstić information content (AvgIpc) is 3.22. The Hall–Kier alpha value is -3.93. The molecular formula is C28H29N3O3. The van der Waals surface area contributed by atoms with Gasteiger partial charge in [-0.05, 0) is 55.7 Å². The fourth-order valence-electron chi connectivity index (χ4n) is 4.15. The van der Waals surface area contributed by atoms with E-state index in [1.165, 1.54) is 0 Å². The minimum absolute atomic E-state index is 0.0713. The number of carbonyl (C=O) groups excluding carboxylic acids is 3. The van der Waals surface area contributed by atoms with E-state index in [1.54, 1.807) is 29.2 Å². The summed E-state index contributed by atoms with van der Waals surface area (Å²) in [7, 11) is 0. The highest BCUT2D eigenvalue weighted by molar-refractivity contribution is 6.07. The molecule has 0 saturated carbocycles. The molecule has 0 aromatic heterocycles. The molecule has 0 spiro atoms. The lowest BCUT2D eigenvalue weighted by molar-refractivity contribution is -0.122. The van der Waals surface area contributed by atoms with E-state index in [9.17, 15) is 14.4 Å². The predicted octanol–water partition coefficient (Wildman–Crippen LogP) is 4.53. The molecule has 174 valence electrons. The summed E-state index contributed by atoms with van der Waals surface area (Å²) < 4.78 is 0. The standard InChI is InChI=1S/C28H29N3O3/c1-18-11-13-21(14-12-18)16-29-28(34)23-8-4-5-9-24(23)30-27(33)22-15-26(32)31(17-22)25-10-6-7-19(2)20(25)3/h4-14,22H,15-17H2,1-3H3,(H,29,34)(H,30,33)/t22-/m0/s1. The number of nitrogens with one attached hydrogen (secondary N) is 2. The zero-order valence-electron chi connectivity index (χ0n) is 19.7. The van der Waals surface area contributed by atoms with Crippen molar-refractivity contribution in [3.63, 3.8) is 0 Å². The summed E-state index contributed by atoms with van der Waals surface area (Å²) >= 11 is 0. The summed E-state index contributed by atoms with van der Waals surface area (Å²) in [6.45, 7) is 6.71. The lowest BCUT2D eigenvalue weighted by Crippen LogP contribution is -2.30. The maximum atomic E-state index is 13.1. The highest BCUT2D eigenvalue weighted by Crippen LogP contribution is 2.30. The van der Waals surface area contributed by atoms with Crippen molar-refractivity contribution in [2.24, 2.45) is 5.92 Å². The minimum Gasteiger partial charge on any atom is -0.348 e. The molecule has 6 heteroatoms. The fourth-order valence-corrected chi connectivity index (χ4v) is 4.15. The van der Waals surface area contributed by atoms with Crippen LogP contribution in [-0.2, 0) is 16.1 Å². The second kappa shape index (κ2) is 9.91. The second-order valence-electron chi connectivity index (χ2n) is 8.83. The van der Waals surface area contributed by atoms with E-state index in [4.69, 9.17) is 0 Å². The van der Waals surface area contributed by atoms with Gasteiger partial charge in [0, 0.05) is 25.2 Å². The number of carbonyl (C=O) groups is 3. The van der Waals surface area contributed by atoms with E-state index in [0.717, 1.165) is 27.9 Å². The molecule has 1 aliphatic rings. The first-order valence-electron chi connectivity index (χ1n) is 11.4. The molecule has 6 nitrogen and oxygen atoms in total. The van der Waals surface area contributed by atoms with Gasteiger partial charge in [-0.3, -0.25) is 14.4 Å². The largest absolute Gasteiger partial charge is 0.348 e. The van der Waals surface area contributed by atoms with Crippen LogP contribution in [0.1, 0.15) is 39.0 Å². The van der Waals surface area contributed by atoms with Crippen LogP contribution in [0.2, 0.25) is 0 Å². The Balaban J connectivity index is 1.43. The normalized spacial score (nSPS) is 15.3. The van der Waals surface area contributed by atoms with E-state index in [2.05, 4.69) is 10.6 Å². The van der Waals surface area contributed by atoms with Crippen molar-refractivity contribution in [1.29, 1.82) is 0 Å². The molecule has 0 unspecified atom stereocenters. The van der Waals surface area contributed by atoms with E-state index in [0.29, 0.717) is 24.3 Å². The van der Waals surface area contributed by atoms with Gasteiger partial charge in [0.1, 0.15) is 0 Å². The number of hydrogen-bond acceptors (Lipinski definition) is 3. The number of amides is 3. The van der Waals surface area contributed by atoms with Crippen LogP contribution in [0, 0.1) is 26.7 Å². The van der Waals surface area contributed by atoms with E-state index in [1.807, 2.05) is 63.2 Å². The van der Waals surface area contributed by atoms with Crippen LogP contribution < -0.4 is 15.5 Å². The van der Waals surface area contributed by atoms with Crippen LogP contribution in [0.4, 0.5) is 11.4 Å². The summed E-state index contributed by atoms with van der Waals surface area (Å²) in [5.74, 6) is -1.09. The van der Waals surface area contributed by atoms with Crippen molar-refractivity contribution in [1.82, 2.24) is 5.32 Å². The predicted molar refractivity (Wildman–Crippen MR) is 134 cm³/mol. The van der Waals surface area contributed by atoms with Gasteiger partial charge >= 0.3 is 0 Å². The fraction of sp³-hybridized carbons (Fsp3) is 0.250. The highest BCUT2D eigenvalue weighted by atomic mass is 16.2. The zero-order chi connectivity index (χ0) is 24.2. The molecule has 1 saturated heterocycles. The van der Waals surface area contributed by atoms with Gasteiger partial charge in [0.2, 0.25) is 11.8 Å². The maximum absolute atomic E-state index is 13.1. The monoisotopic (exact) mass is 455 g/mol. The van der Waals surface area contributed by atoms with Gasteiger partial charge < -0.3 is 15.5 Å². The minimum atomic E-state index is -0.490. The van der Waals surface area contributed by atoms with Gasteiger partial charge in [-0.1, -0.05) is 54.1 Å². The molecule has 0 bridgehead atoms. The Kier molecular flexibility index (Phi) is 6.77. The van der Waals surface area contributed by atoms with Gasteiger partial charge in [-0.25, -0.2) is 0 Å². The van der Waals surface area contributed by atoms with Crippen molar-refractivity contribution < 1.29 is 14.4 Å². The van der Waals surface area contributed by atoms with Gasteiger partial charge in [0.15, 0.2) is 0 Å². The molecular weight excluding hydrogens is 426 g/mol.